The van der Waals surface area contributed by atoms with Crippen LogP contribution in [0.15, 0.2) is 267 Å². The van der Waals surface area contributed by atoms with Crippen molar-refractivity contribution in [2.24, 2.45) is 0 Å². The summed E-state index contributed by atoms with van der Waals surface area (Å²) in [4.78, 5) is 0. The van der Waals surface area contributed by atoms with E-state index in [2.05, 4.69) is 271 Å². The lowest BCUT2D eigenvalue weighted by molar-refractivity contribution is 1.53. The summed E-state index contributed by atoms with van der Waals surface area (Å²) in [6, 6.07) is 95.7. The Morgan fingerprint density at radius 2 is 0.667 bits per heavy atom. The van der Waals surface area contributed by atoms with Gasteiger partial charge in [-0.1, -0.05) is 194 Å². The fourth-order valence-electron chi connectivity index (χ4n) is 10.0. The second kappa shape index (κ2) is 18.8. The van der Waals surface area contributed by atoms with E-state index >= 15 is 0 Å². The zero-order chi connectivity index (χ0) is 47.8. The zero-order valence-electron chi connectivity index (χ0n) is 39.2. The first-order valence-corrected chi connectivity index (χ1v) is 26.0. The van der Waals surface area contributed by atoms with Crippen molar-refractivity contribution in [2.45, 2.75) is 0 Å². The van der Waals surface area contributed by atoms with Gasteiger partial charge in [0.2, 0.25) is 0 Å². The molecule has 0 aliphatic heterocycles. The quantitative estimate of drug-likeness (QED) is 0.148. The maximum atomic E-state index is 3.57. The molecule has 0 atom stereocenters. The van der Waals surface area contributed by atoms with Crippen molar-refractivity contribution in [1.82, 2.24) is 0 Å². The normalized spacial score (nSPS) is 11.3. The first-order valence-electron chi connectivity index (χ1n) is 24.4. The third-order valence-electron chi connectivity index (χ3n) is 13.7. The highest BCUT2D eigenvalue weighted by Gasteiger charge is 2.12. The van der Waals surface area contributed by atoms with E-state index in [-0.39, 0.29) is 0 Å². The van der Waals surface area contributed by atoms with E-state index in [1.165, 1.54) is 106 Å². The van der Waals surface area contributed by atoms with Gasteiger partial charge < -0.3 is 10.6 Å². The first-order chi connectivity index (χ1) is 35.6. The van der Waals surface area contributed by atoms with Crippen molar-refractivity contribution in [2.75, 3.05) is 10.6 Å². The number of fused-ring (bicyclic) bond motifs is 9. The van der Waals surface area contributed by atoms with Crippen LogP contribution in [-0.4, -0.2) is 0 Å². The van der Waals surface area contributed by atoms with Crippen molar-refractivity contribution in [3.8, 4) is 44.5 Å². The Labute approximate surface area is 426 Å². The van der Waals surface area contributed by atoms with Crippen LogP contribution in [0.25, 0.3) is 106 Å². The van der Waals surface area contributed by atoms with Gasteiger partial charge in [-0.3, -0.25) is 0 Å². The predicted molar refractivity (Wildman–Crippen MR) is 315 cm³/mol. The minimum absolute atomic E-state index is 1.08. The van der Waals surface area contributed by atoms with E-state index in [4.69, 9.17) is 0 Å². The second-order valence-corrected chi connectivity index (χ2v) is 20.4. The Hall–Kier alpha value is -8.80. The lowest BCUT2D eigenvalue weighted by atomic mass is 9.98. The molecule has 0 saturated heterocycles. The molecular weight excluding hydrogens is 909 g/mol. The number of benzene rings is 12. The molecule has 0 spiro atoms. The average molecular weight is 955 g/mol. The molecule has 12 aromatic carbocycles. The summed E-state index contributed by atoms with van der Waals surface area (Å²) >= 11 is 3.74. The molecule has 0 aliphatic carbocycles. The number of nitrogens with one attached hydrogen (secondary N) is 2. The maximum Gasteiger partial charge on any atom is 0.0433 e. The fraction of sp³-hybridized carbons (Fsp3) is 0. The Bertz CT molecular complexity index is 4250. The summed E-state index contributed by atoms with van der Waals surface area (Å²) in [5.41, 5.74) is 14.3. The van der Waals surface area contributed by atoms with Crippen LogP contribution in [-0.2, 0) is 0 Å². The Morgan fingerprint density at radius 1 is 0.222 bits per heavy atom. The van der Waals surface area contributed by atoms with Gasteiger partial charge in [0.25, 0.3) is 0 Å². The van der Waals surface area contributed by atoms with Crippen molar-refractivity contribution < 1.29 is 0 Å². The molecule has 0 bridgehead atoms. The fourth-order valence-corrected chi connectivity index (χ4v) is 12.4. The van der Waals surface area contributed by atoms with Crippen LogP contribution in [0.5, 0.6) is 0 Å². The van der Waals surface area contributed by atoms with Crippen LogP contribution < -0.4 is 10.6 Å². The molecule has 0 radical (unpaired) electrons. The summed E-state index contributed by atoms with van der Waals surface area (Å²) in [5.74, 6) is 0. The topological polar surface area (TPSA) is 24.1 Å². The summed E-state index contributed by atoms with van der Waals surface area (Å²) in [7, 11) is 0. The van der Waals surface area contributed by atoms with E-state index in [1.54, 1.807) is 0 Å². The van der Waals surface area contributed by atoms with Crippen LogP contribution in [0, 0.1) is 0 Å². The predicted octanol–water partition coefficient (Wildman–Crippen LogP) is 20.6. The van der Waals surface area contributed by atoms with E-state index in [0.717, 1.165) is 22.7 Å². The zero-order valence-corrected chi connectivity index (χ0v) is 40.9. The van der Waals surface area contributed by atoms with Crippen LogP contribution in [0.1, 0.15) is 0 Å². The van der Waals surface area contributed by atoms with E-state index < -0.39 is 0 Å². The van der Waals surface area contributed by atoms with Gasteiger partial charge in [0.15, 0.2) is 0 Å². The van der Waals surface area contributed by atoms with Crippen LogP contribution in [0.4, 0.5) is 22.7 Å². The molecule has 2 heterocycles. The average Bonchev–Trinajstić information content (AvgIpc) is 4.02. The Kier molecular flexibility index (Phi) is 11.3. The Balaban J connectivity index is 0.000000141. The summed E-state index contributed by atoms with van der Waals surface area (Å²) < 4.78 is 5.37. The van der Waals surface area contributed by atoms with Crippen LogP contribution >= 0.6 is 22.7 Å². The van der Waals surface area contributed by atoms with Crippen molar-refractivity contribution in [3.05, 3.63) is 267 Å². The van der Waals surface area contributed by atoms with Crippen molar-refractivity contribution in [3.63, 3.8) is 0 Å². The second-order valence-electron chi connectivity index (χ2n) is 18.2. The molecule has 4 heteroatoms. The molecular formula is C68H46N2S2. The van der Waals surface area contributed by atoms with E-state index in [9.17, 15) is 0 Å². The molecule has 14 aromatic rings. The third-order valence-corrected chi connectivity index (χ3v) is 16.1. The van der Waals surface area contributed by atoms with Gasteiger partial charge in [0.1, 0.15) is 0 Å². The molecule has 2 N–H and O–H groups in total. The minimum Gasteiger partial charge on any atom is -0.356 e. The highest BCUT2D eigenvalue weighted by Crippen LogP contribution is 2.41. The summed E-state index contributed by atoms with van der Waals surface area (Å²) in [5, 5.41) is 17.6. The number of hydrogen-bond acceptors (Lipinski definition) is 4. The minimum atomic E-state index is 1.08. The van der Waals surface area contributed by atoms with E-state index in [1.807, 2.05) is 28.7 Å². The van der Waals surface area contributed by atoms with Gasteiger partial charge in [-0.2, -0.15) is 0 Å². The number of thiophene rings is 2. The molecule has 0 amide bonds. The largest absolute Gasteiger partial charge is 0.356 e. The number of hydrogen-bond donors (Lipinski definition) is 2. The molecule has 72 heavy (non-hydrogen) atoms. The summed E-state index contributed by atoms with van der Waals surface area (Å²) in [6.45, 7) is 0. The standard InChI is InChI=1S/C36H25NS.C32H21NS/c1-2-8-25(9-3-1)26-16-20-30(21-17-26)37-31-22-18-27(19-23-31)28-10-6-11-29(24-28)32-13-7-14-34-33-12-4-5-15-35(33)38-36(32)34;1-2-6-27-22(5-1)9-10-24-19-26(16-18-28(24)27)33-25-14-11-21(12-15-25)23-13-17-30-29-7-3-4-8-31(29)34-32(30)20-23/h1-24,37H;1-20,33H. The summed E-state index contributed by atoms with van der Waals surface area (Å²) in [6.07, 6.45) is 0. The first kappa shape index (κ1) is 43.2. The third kappa shape index (κ3) is 8.54. The smallest absolute Gasteiger partial charge is 0.0433 e. The van der Waals surface area contributed by atoms with Gasteiger partial charge >= 0.3 is 0 Å². The molecule has 2 aromatic heterocycles. The monoisotopic (exact) mass is 954 g/mol. The highest BCUT2D eigenvalue weighted by molar-refractivity contribution is 7.26. The van der Waals surface area contributed by atoms with Gasteiger partial charge in [-0.15, -0.1) is 22.7 Å². The van der Waals surface area contributed by atoms with Gasteiger partial charge in [-0.05, 0) is 139 Å². The van der Waals surface area contributed by atoms with Crippen molar-refractivity contribution in [1.29, 1.82) is 0 Å². The number of anilines is 4. The van der Waals surface area contributed by atoms with Gasteiger partial charge in [0.05, 0.1) is 0 Å². The maximum absolute atomic E-state index is 3.57. The van der Waals surface area contributed by atoms with Crippen LogP contribution in [0.3, 0.4) is 0 Å². The van der Waals surface area contributed by atoms with Gasteiger partial charge in [-0.25, -0.2) is 0 Å². The highest BCUT2D eigenvalue weighted by atomic mass is 32.1. The molecule has 340 valence electrons. The SMILES string of the molecule is c1ccc(-c2ccc(Nc3ccc(-c4cccc(-c5cccc6c5sc5ccccc56)c4)cc3)cc2)cc1.c1ccc2c(c1)ccc1cc(Nc3ccc(-c4ccc5c(c4)sc4ccccc45)cc3)ccc12. The Morgan fingerprint density at radius 3 is 1.39 bits per heavy atom. The van der Waals surface area contributed by atoms with Gasteiger partial charge in [0, 0.05) is 63.1 Å². The molecule has 14 rings (SSSR count). The molecule has 0 fully saturated rings. The van der Waals surface area contributed by atoms with Crippen LogP contribution in [0.2, 0.25) is 0 Å². The van der Waals surface area contributed by atoms with E-state index in [0.29, 0.717) is 0 Å². The molecule has 0 unspecified atom stereocenters. The lowest BCUT2D eigenvalue weighted by Crippen LogP contribution is -1.90. The molecule has 0 aliphatic rings. The van der Waals surface area contributed by atoms with Crippen molar-refractivity contribution >= 4 is 107 Å². The molecule has 2 nitrogen and oxygen atoms in total. The number of rotatable bonds is 8. The lowest BCUT2D eigenvalue weighted by Gasteiger charge is -2.10. The molecule has 0 saturated carbocycles.